The first-order valence-corrected chi connectivity index (χ1v) is 5.92. The summed E-state index contributed by atoms with van der Waals surface area (Å²) in [5.74, 6) is -0.244. The lowest BCUT2D eigenvalue weighted by molar-refractivity contribution is 0.629. The molecule has 0 aliphatic carbocycles. The van der Waals surface area contributed by atoms with E-state index in [-0.39, 0.29) is 5.82 Å². The van der Waals surface area contributed by atoms with E-state index in [0.29, 0.717) is 0 Å². The molecule has 0 aliphatic heterocycles. The van der Waals surface area contributed by atoms with Crippen molar-refractivity contribution in [3.05, 3.63) is 59.0 Å². The van der Waals surface area contributed by atoms with E-state index < -0.39 is 0 Å². The highest BCUT2D eigenvalue weighted by atomic mass is 79.9. The molecule has 17 heavy (non-hydrogen) atoms. The summed E-state index contributed by atoms with van der Waals surface area (Å²) in [7, 11) is 0. The largest absolute Gasteiger partial charge is 0.233 e. The van der Waals surface area contributed by atoms with Gasteiger partial charge in [-0.1, -0.05) is 22.0 Å². The Hall–Kier alpha value is -1.68. The van der Waals surface area contributed by atoms with Crippen molar-refractivity contribution in [2.75, 3.05) is 0 Å². The van der Waals surface area contributed by atoms with Crippen LogP contribution in [-0.2, 0) is 0 Å². The van der Waals surface area contributed by atoms with Crippen molar-refractivity contribution in [2.45, 2.75) is 0 Å². The fourth-order valence-electron chi connectivity index (χ4n) is 1.82. The highest BCUT2D eigenvalue weighted by Gasteiger charge is 2.05. The van der Waals surface area contributed by atoms with Gasteiger partial charge in [0.15, 0.2) is 0 Å². The van der Waals surface area contributed by atoms with Crippen molar-refractivity contribution in [1.82, 2.24) is 9.78 Å². The quantitative estimate of drug-likeness (QED) is 0.664. The molecule has 0 radical (unpaired) electrons. The van der Waals surface area contributed by atoms with Gasteiger partial charge in [0.05, 0.1) is 17.4 Å². The predicted octanol–water partition coefficient (Wildman–Crippen LogP) is 3.93. The van der Waals surface area contributed by atoms with Crippen molar-refractivity contribution in [3.63, 3.8) is 0 Å². The number of hydrogen-bond acceptors (Lipinski definition) is 1. The molecule has 1 heterocycles. The van der Waals surface area contributed by atoms with Crippen LogP contribution in [0.4, 0.5) is 4.39 Å². The molecule has 0 atom stereocenters. The molecule has 3 rings (SSSR count). The van der Waals surface area contributed by atoms with Gasteiger partial charge in [-0.05, 0) is 36.4 Å². The zero-order chi connectivity index (χ0) is 11.8. The Kier molecular flexibility index (Phi) is 2.44. The Morgan fingerprint density at radius 1 is 1.12 bits per heavy atom. The fraction of sp³-hybridized carbons (Fsp3) is 0. The van der Waals surface area contributed by atoms with Gasteiger partial charge in [-0.15, -0.1) is 0 Å². The van der Waals surface area contributed by atoms with Crippen LogP contribution in [0.25, 0.3) is 16.6 Å². The molecule has 1 aromatic heterocycles. The highest BCUT2D eigenvalue weighted by Crippen LogP contribution is 2.21. The normalized spacial score (nSPS) is 10.9. The lowest BCUT2D eigenvalue weighted by Crippen LogP contribution is -1.95. The molecule has 0 bridgehead atoms. The van der Waals surface area contributed by atoms with Crippen LogP contribution in [0.5, 0.6) is 0 Å². The minimum Gasteiger partial charge on any atom is -0.233 e. The molecular weight excluding hydrogens is 283 g/mol. The van der Waals surface area contributed by atoms with Gasteiger partial charge in [-0.3, -0.25) is 0 Å². The Balaban J connectivity index is 2.24. The van der Waals surface area contributed by atoms with Crippen LogP contribution in [-0.4, -0.2) is 9.78 Å². The third-order valence-electron chi connectivity index (χ3n) is 2.58. The third-order valence-corrected chi connectivity index (χ3v) is 3.08. The summed E-state index contributed by atoms with van der Waals surface area (Å²) in [6.07, 6.45) is 1.67. The van der Waals surface area contributed by atoms with E-state index in [1.807, 2.05) is 24.3 Å². The summed E-state index contributed by atoms with van der Waals surface area (Å²) < 4.78 is 15.8. The standard InChI is InChI=1S/C13H8BrFN2/c14-10-2-1-3-12(7-10)17-13-5-4-11(15)6-9(13)8-16-17/h1-8H. The van der Waals surface area contributed by atoms with Crippen LogP contribution < -0.4 is 0 Å². The van der Waals surface area contributed by atoms with E-state index in [1.54, 1.807) is 16.9 Å². The van der Waals surface area contributed by atoms with Gasteiger partial charge in [0.1, 0.15) is 5.82 Å². The van der Waals surface area contributed by atoms with E-state index in [9.17, 15) is 4.39 Å². The zero-order valence-electron chi connectivity index (χ0n) is 8.77. The van der Waals surface area contributed by atoms with Crippen molar-refractivity contribution in [3.8, 4) is 5.69 Å². The molecule has 84 valence electrons. The van der Waals surface area contributed by atoms with Gasteiger partial charge in [0.2, 0.25) is 0 Å². The first kappa shape index (κ1) is 10.5. The number of fused-ring (bicyclic) bond motifs is 1. The molecule has 0 aliphatic rings. The van der Waals surface area contributed by atoms with Gasteiger partial charge >= 0.3 is 0 Å². The fourth-order valence-corrected chi connectivity index (χ4v) is 2.20. The third kappa shape index (κ3) is 1.85. The van der Waals surface area contributed by atoms with Gasteiger partial charge in [0, 0.05) is 9.86 Å². The summed E-state index contributed by atoms with van der Waals surface area (Å²) in [5.41, 5.74) is 1.84. The van der Waals surface area contributed by atoms with E-state index >= 15 is 0 Å². The number of rotatable bonds is 1. The van der Waals surface area contributed by atoms with E-state index in [2.05, 4.69) is 21.0 Å². The number of nitrogens with zero attached hydrogens (tertiary/aromatic N) is 2. The van der Waals surface area contributed by atoms with Crippen molar-refractivity contribution in [2.24, 2.45) is 0 Å². The summed E-state index contributed by atoms with van der Waals surface area (Å²) in [6, 6.07) is 12.5. The maximum atomic E-state index is 13.1. The van der Waals surface area contributed by atoms with Crippen LogP contribution >= 0.6 is 15.9 Å². The van der Waals surface area contributed by atoms with Crippen LogP contribution in [0.2, 0.25) is 0 Å². The smallest absolute Gasteiger partial charge is 0.124 e. The molecular formula is C13H8BrFN2. The van der Waals surface area contributed by atoms with Crippen molar-refractivity contribution in [1.29, 1.82) is 0 Å². The summed E-state index contributed by atoms with van der Waals surface area (Å²) in [5, 5.41) is 5.07. The molecule has 0 amide bonds. The number of benzene rings is 2. The van der Waals surface area contributed by atoms with Crippen LogP contribution in [0, 0.1) is 5.82 Å². The van der Waals surface area contributed by atoms with Crippen LogP contribution in [0.15, 0.2) is 53.1 Å². The first-order chi connectivity index (χ1) is 8.24. The molecule has 4 heteroatoms. The van der Waals surface area contributed by atoms with E-state index in [4.69, 9.17) is 0 Å². The predicted molar refractivity (Wildman–Crippen MR) is 68.7 cm³/mol. The average molecular weight is 291 g/mol. The van der Waals surface area contributed by atoms with Gasteiger partial charge in [-0.2, -0.15) is 5.10 Å². The van der Waals surface area contributed by atoms with Gasteiger partial charge in [0.25, 0.3) is 0 Å². The van der Waals surface area contributed by atoms with Crippen LogP contribution in [0.3, 0.4) is 0 Å². The molecule has 0 fully saturated rings. The Bertz CT molecular complexity index is 691. The average Bonchev–Trinajstić information content (AvgIpc) is 2.71. The van der Waals surface area contributed by atoms with Gasteiger partial charge < -0.3 is 0 Å². The van der Waals surface area contributed by atoms with Crippen molar-refractivity contribution < 1.29 is 4.39 Å². The first-order valence-electron chi connectivity index (χ1n) is 5.13. The Morgan fingerprint density at radius 3 is 2.82 bits per heavy atom. The molecule has 3 aromatic rings. The molecule has 2 aromatic carbocycles. The number of halogens is 2. The second kappa shape index (κ2) is 3.96. The Labute approximate surface area is 106 Å². The highest BCUT2D eigenvalue weighted by molar-refractivity contribution is 9.10. The summed E-state index contributed by atoms with van der Waals surface area (Å²) in [4.78, 5) is 0. The number of hydrogen-bond donors (Lipinski definition) is 0. The van der Waals surface area contributed by atoms with Gasteiger partial charge in [-0.25, -0.2) is 9.07 Å². The molecule has 2 nitrogen and oxygen atoms in total. The number of aromatic nitrogens is 2. The second-order valence-corrected chi connectivity index (χ2v) is 4.66. The minimum atomic E-state index is -0.244. The zero-order valence-corrected chi connectivity index (χ0v) is 10.4. The lowest BCUT2D eigenvalue weighted by Gasteiger charge is -2.03. The maximum Gasteiger partial charge on any atom is 0.124 e. The second-order valence-electron chi connectivity index (χ2n) is 3.74. The molecule has 0 saturated heterocycles. The molecule has 0 unspecified atom stereocenters. The minimum absolute atomic E-state index is 0.244. The SMILES string of the molecule is Fc1ccc2c(cnn2-c2cccc(Br)c2)c1. The van der Waals surface area contributed by atoms with E-state index in [0.717, 1.165) is 21.1 Å². The van der Waals surface area contributed by atoms with Crippen LogP contribution in [0.1, 0.15) is 0 Å². The topological polar surface area (TPSA) is 17.8 Å². The molecule has 0 spiro atoms. The maximum absolute atomic E-state index is 13.1. The van der Waals surface area contributed by atoms with E-state index in [1.165, 1.54) is 12.1 Å². The molecule has 0 saturated carbocycles. The summed E-state index contributed by atoms with van der Waals surface area (Å²) in [6.45, 7) is 0. The lowest BCUT2D eigenvalue weighted by atomic mass is 10.2. The molecule has 0 N–H and O–H groups in total. The summed E-state index contributed by atoms with van der Waals surface area (Å²) >= 11 is 3.42. The van der Waals surface area contributed by atoms with Crippen molar-refractivity contribution >= 4 is 26.8 Å². The monoisotopic (exact) mass is 290 g/mol. The Morgan fingerprint density at radius 2 is 2.00 bits per heavy atom.